The Morgan fingerprint density at radius 1 is 0.574 bits per heavy atom. The van der Waals surface area contributed by atoms with Gasteiger partial charge in [-0.15, -0.1) is 11.3 Å². The number of thiophene rings is 1. The van der Waals surface area contributed by atoms with Gasteiger partial charge in [-0.2, -0.15) is 0 Å². The van der Waals surface area contributed by atoms with Gasteiger partial charge in [0.1, 0.15) is 0 Å². The number of para-hydroxylation sites is 2. The fourth-order valence-corrected chi connectivity index (χ4v) is 9.00. The van der Waals surface area contributed by atoms with Crippen molar-refractivity contribution in [3.05, 3.63) is 151 Å². The summed E-state index contributed by atoms with van der Waals surface area (Å²) in [4.78, 5) is 10.6. The van der Waals surface area contributed by atoms with Gasteiger partial charge in [0.15, 0.2) is 5.82 Å². The second-order valence-electron chi connectivity index (χ2n) is 13.0. The molecule has 0 atom stereocenters. The molecule has 6 aromatic carbocycles. The van der Waals surface area contributed by atoms with Crippen LogP contribution in [0, 0.1) is 0 Å². The van der Waals surface area contributed by atoms with Gasteiger partial charge in [-0.3, -0.25) is 0 Å². The zero-order valence-electron chi connectivity index (χ0n) is 26.0. The van der Waals surface area contributed by atoms with Crippen LogP contribution in [0.5, 0.6) is 0 Å². The molecule has 47 heavy (non-hydrogen) atoms. The standard InChI is InChI=1S/C43H29N3S/c1-43(2)32-20-10-6-17-29(32)37-33(43)25-24-28-27-16-7-11-21-34(27)46(40(28)37)35-22-12-8-18-30(35)38-41-39(31-19-9-13-23-36(31)47-41)45-42(44-38)26-14-4-3-5-15-26/h3-25H,1-2H3. The molecule has 1 aliphatic carbocycles. The highest BCUT2D eigenvalue weighted by atomic mass is 32.1. The summed E-state index contributed by atoms with van der Waals surface area (Å²) in [6.07, 6.45) is 0. The molecular formula is C43H29N3S. The van der Waals surface area contributed by atoms with Crippen LogP contribution in [0.15, 0.2) is 140 Å². The van der Waals surface area contributed by atoms with Crippen molar-refractivity contribution in [2.75, 3.05) is 0 Å². The van der Waals surface area contributed by atoms with Gasteiger partial charge in [0.2, 0.25) is 0 Å². The Labute approximate surface area is 276 Å². The molecule has 0 unspecified atom stereocenters. The number of rotatable bonds is 3. The molecule has 0 bridgehead atoms. The van der Waals surface area contributed by atoms with Crippen LogP contribution >= 0.6 is 11.3 Å². The maximum absolute atomic E-state index is 5.38. The van der Waals surface area contributed by atoms with Crippen LogP contribution in [0.2, 0.25) is 0 Å². The van der Waals surface area contributed by atoms with Gasteiger partial charge in [-0.25, -0.2) is 9.97 Å². The van der Waals surface area contributed by atoms with Crippen LogP contribution in [0.4, 0.5) is 0 Å². The Morgan fingerprint density at radius 3 is 2.15 bits per heavy atom. The first-order valence-corrected chi connectivity index (χ1v) is 16.9. The van der Waals surface area contributed by atoms with Crippen molar-refractivity contribution in [2.45, 2.75) is 19.3 Å². The molecular weight excluding hydrogens is 591 g/mol. The first-order valence-electron chi connectivity index (χ1n) is 16.1. The Balaban J connectivity index is 1.35. The fraction of sp³-hybridized carbons (Fsp3) is 0.0698. The first kappa shape index (κ1) is 26.6. The molecule has 9 aromatic rings. The van der Waals surface area contributed by atoms with Crippen molar-refractivity contribution in [1.82, 2.24) is 14.5 Å². The van der Waals surface area contributed by atoms with E-state index in [0.29, 0.717) is 0 Å². The summed E-state index contributed by atoms with van der Waals surface area (Å²) in [5.74, 6) is 0.741. The van der Waals surface area contributed by atoms with Crippen LogP contribution in [0.25, 0.3) is 81.6 Å². The monoisotopic (exact) mass is 619 g/mol. The SMILES string of the molecule is CC1(C)c2ccccc2-c2c1ccc1c3ccccc3n(-c3ccccc3-c3nc(-c4ccccc4)nc4c3sc3ccccc34)c21. The van der Waals surface area contributed by atoms with E-state index in [4.69, 9.17) is 9.97 Å². The molecule has 0 amide bonds. The zero-order valence-corrected chi connectivity index (χ0v) is 26.8. The zero-order chi connectivity index (χ0) is 31.3. The van der Waals surface area contributed by atoms with E-state index in [1.807, 2.05) is 6.07 Å². The van der Waals surface area contributed by atoms with Crippen LogP contribution in [0.1, 0.15) is 25.0 Å². The van der Waals surface area contributed by atoms with Gasteiger partial charge < -0.3 is 4.57 Å². The smallest absolute Gasteiger partial charge is 0.160 e. The van der Waals surface area contributed by atoms with E-state index >= 15 is 0 Å². The fourth-order valence-electron chi connectivity index (χ4n) is 7.85. The molecule has 0 saturated carbocycles. The third kappa shape index (κ3) is 3.67. The summed E-state index contributed by atoms with van der Waals surface area (Å²) >= 11 is 1.78. The number of benzene rings is 6. The van der Waals surface area contributed by atoms with Crippen LogP contribution in [-0.4, -0.2) is 14.5 Å². The molecule has 0 fully saturated rings. The van der Waals surface area contributed by atoms with Crippen molar-refractivity contribution in [2.24, 2.45) is 0 Å². The number of hydrogen-bond acceptors (Lipinski definition) is 3. The molecule has 3 aromatic heterocycles. The van der Waals surface area contributed by atoms with Crippen molar-refractivity contribution in [3.63, 3.8) is 0 Å². The minimum Gasteiger partial charge on any atom is -0.308 e. The molecule has 1 aliphatic rings. The van der Waals surface area contributed by atoms with E-state index in [2.05, 4.69) is 152 Å². The Hall–Kier alpha value is -5.58. The lowest BCUT2D eigenvalue weighted by Gasteiger charge is -2.21. The van der Waals surface area contributed by atoms with E-state index in [1.54, 1.807) is 11.3 Å². The van der Waals surface area contributed by atoms with Crippen LogP contribution in [0.3, 0.4) is 0 Å². The van der Waals surface area contributed by atoms with Gasteiger partial charge in [-0.1, -0.05) is 135 Å². The van der Waals surface area contributed by atoms with Crippen molar-refractivity contribution in [1.29, 1.82) is 0 Å². The van der Waals surface area contributed by atoms with E-state index in [1.165, 1.54) is 54.1 Å². The minimum absolute atomic E-state index is 0.0958. The van der Waals surface area contributed by atoms with E-state index in [0.717, 1.165) is 38.5 Å². The first-order chi connectivity index (χ1) is 23.1. The van der Waals surface area contributed by atoms with Gasteiger partial charge in [0, 0.05) is 43.0 Å². The molecule has 0 N–H and O–H groups in total. The summed E-state index contributed by atoms with van der Waals surface area (Å²) in [6.45, 7) is 4.71. The maximum Gasteiger partial charge on any atom is 0.160 e. The number of hydrogen-bond donors (Lipinski definition) is 0. The lowest BCUT2D eigenvalue weighted by Crippen LogP contribution is -2.14. The minimum atomic E-state index is -0.0958. The topological polar surface area (TPSA) is 30.7 Å². The number of fused-ring (bicyclic) bond motifs is 10. The summed E-state index contributed by atoms with van der Waals surface area (Å²) in [6, 6.07) is 50.2. The second kappa shape index (κ2) is 9.71. The Morgan fingerprint density at radius 2 is 1.28 bits per heavy atom. The Bertz CT molecular complexity index is 2710. The van der Waals surface area contributed by atoms with Crippen molar-refractivity contribution < 1.29 is 0 Å². The van der Waals surface area contributed by atoms with Gasteiger partial charge >= 0.3 is 0 Å². The van der Waals surface area contributed by atoms with Crippen LogP contribution in [-0.2, 0) is 5.41 Å². The molecule has 0 spiro atoms. The maximum atomic E-state index is 5.38. The Kier molecular flexibility index (Phi) is 5.50. The molecule has 0 saturated heterocycles. The second-order valence-corrected chi connectivity index (χ2v) is 14.0. The molecule has 10 rings (SSSR count). The molecule has 0 aliphatic heterocycles. The van der Waals surface area contributed by atoms with E-state index in [9.17, 15) is 0 Å². The summed E-state index contributed by atoms with van der Waals surface area (Å²) in [5.41, 5.74) is 12.9. The highest BCUT2D eigenvalue weighted by Crippen LogP contribution is 2.53. The van der Waals surface area contributed by atoms with E-state index < -0.39 is 0 Å². The normalized spacial score (nSPS) is 13.5. The van der Waals surface area contributed by atoms with Crippen LogP contribution < -0.4 is 0 Å². The molecule has 4 heteroatoms. The summed E-state index contributed by atoms with van der Waals surface area (Å²) in [7, 11) is 0. The number of aromatic nitrogens is 3. The highest BCUT2D eigenvalue weighted by molar-refractivity contribution is 7.26. The predicted octanol–water partition coefficient (Wildman–Crippen LogP) is 11.6. The predicted molar refractivity (Wildman–Crippen MR) is 198 cm³/mol. The number of nitrogens with zero attached hydrogens (tertiary/aromatic N) is 3. The van der Waals surface area contributed by atoms with Crippen molar-refractivity contribution >= 4 is 53.4 Å². The van der Waals surface area contributed by atoms with Crippen molar-refractivity contribution in [3.8, 4) is 39.5 Å². The third-order valence-electron chi connectivity index (χ3n) is 10.0. The summed E-state index contributed by atoms with van der Waals surface area (Å²) in [5, 5.41) is 3.68. The average molecular weight is 620 g/mol. The molecule has 3 nitrogen and oxygen atoms in total. The van der Waals surface area contributed by atoms with Gasteiger partial charge in [-0.05, 0) is 34.9 Å². The molecule has 0 radical (unpaired) electrons. The average Bonchev–Trinajstić information content (AvgIpc) is 3.74. The quantitative estimate of drug-likeness (QED) is 0.197. The molecule has 222 valence electrons. The van der Waals surface area contributed by atoms with E-state index in [-0.39, 0.29) is 5.41 Å². The lowest BCUT2D eigenvalue weighted by molar-refractivity contribution is 0.661. The van der Waals surface area contributed by atoms with Gasteiger partial charge in [0.05, 0.1) is 32.6 Å². The highest BCUT2D eigenvalue weighted by Gasteiger charge is 2.37. The largest absolute Gasteiger partial charge is 0.308 e. The lowest BCUT2D eigenvalue weighted by atomic mass is 9.82. The van der Waals surface area contributed by atoms with Gasteiger partial charge in [0.25, 0.3) is 0 Å². The summed E-state index contributed by atoms with van der Waals surface area (Å²) < 4.78 is 4.82. The third-order valence-corrected chi connectivity index (χ3v) is 11.2. The molecule has 3 heterocycles.